The predicted octanol–water partition coefficient (Wildman–Crippen LogP) is 4.58. The van der Waals surface area contributed by atoms with Crippen LogP contribution in [0, 0.1) is 0 Å². The average Bonchev–Trinajstić information content (AvgIpc) is 3.39. The van der Waals surface area contributed by atoms with Crippen LogP contribution in [-0.4, -0.2) is 34.7 Å². The molecule has 28 heavy (non-hydrogen) atoms. The Labute approximate surface area is 177 Å². The van der Waals surface area contributed by atoms with Gasteiger partial charge in [-0.3, -0.25) is 9.59 Å². The van der Waals surface area contributed by atoms with Crippen LogP contribution in [0.25, 0.3) is 11.4 Å². The molecule has 4 heterocycles. The van der Waals surface area contributed by atoms with Gasteiger partial charge in [0.05, 0.1) is 11.1 Å². The molecule has 142 valence electrons. The van der Waals surface area contributed by atoms with Gasteiger partial charge in [-0.15, -0.1) is 13.2 Å². The van der Waals surface area contributed by atoms with Crippen molar-refractivity contribution in [1.82, 2.24) is 9.80 Å². The molecule has 0 fully saturated rings. The van der Waals surface area contributed by atoms with Crippen LogP contribution >= 0.6 is 31.9 Å². The zero-order chi connectivity index (χ0) is 20.0. The summed E-state index contributed by atoms with van der Waals surface area (Å²) in [5.41, 5.74) is 1.42. The molecular formula is C20H14Br2N2O4. The minimum atomic E-state index is -0.306. The number of hydrogen-bond acceptors (Lipinski definition) is 4. The van der Waals surface area contributed by atoms with Crippen molar-refractivity contribution in [1.29, 1.82) is 0 Å². The van der Waals surface area contributed by atoms with Crippen molar-refractivity contribution < 1.29 is 18.4 Å². The third kappa shape index (κ3) is 2.75. The molecule has 0 N–H and O–H groups in total. The molecule has 0 unspecified atom stereocenters. The minimum absolute atomic E-state index is 0.239. The maximum Gasteiger partial charge on any atom is 0.261 e. The van der Waals surface area contributed by atoms with Gasteiger partial charge in [0.1, 0.15) is 11.4 Å². The van der Waals surface area contributed by atoms with E-state index in [2.05, 4.69) is 45.0 Å². The Morgan fingerprint density at radius 3 is 1.46 bits per heavy atom. The van der Waals surface area contributed by atoms with Crippen LogP contribution in [0.4, 0.5) is 0 Å². The van der Waals surface area contributed by atoms with Crippen molar-refractivity contribution in [3.05, 3.63) is 81.6 Å². The van der Waals surface area contributed by atoms with Gasteiger partial charge >= 0.3 is 0 Å². The summed E-state index contributed by atoms with van der Waals surface area (Å²) in [6.07, 6.45) is 3.21. The second-order valence-corrected chi connectivity index (χ2v) is 7.63. The first-order valence-corrected chi connectivity index (χ1v) is 9.92. The van der Waals surface area contributed by atoms with Crippen molar-refractivity contribution in [2.24, 2.45) is 0 Å². The molecule has 0 saturated heterocycles. The Hall–Kier alpha value is -2.58. The van der Waals surface area contributed by atoms with Gasteiger partial charge in [-0.25, -0.2) is 0 Å². The molecule has 0 saturated carbocycles. The summed E-state index contributed by atoms with van der Waals surface area (Å²) >= 11 is 6.55. The monoisotopic (exact) mass is 504 g/mol. The maximum atomic E-state index is 13.3. The number of amides is 2. The van der Waals surface area contributed by atoms with E-state index in [-0.39, 0.29) is 36.1 Å². The van der Waals surface area contributed by atoms with Gasteiger partial charge in [0.15, 0.2) is 20.9 Å². The summed E-state index contributed by atoms with van der Waals surface area (Å²) in [5.74, 6) is 0.224. The van der Waals surface area contributed by atoms with Crippen LogP contribution in [0.5, 0.6) is 0 Å². The Morgan fingerprint density at radius 2 is 1.18 bits per heavy atom. The third-order valence-electron chi connectivity index (χ3n) is 4.42. The Bertz CT molecular complexity index is 1000. The van der Waals surface area contributed by atoms with E-state index in [0.717, 1.165) is 0 Å². The standard InChI is InChI=1S/C20H14Br2N2O4/c1-3-9-23-17(11-5-7-13(21)27-11)15-16(19(23)25)18(12-6-8-14(22)28-12)24(10-4-2)20(15)26/h3-8H,1-2,9-10H2. The second-order valence-electron chi connectivity index (χ2n) is 6.06. The molecule has 2 aromatic rings. The lowest BCUT2D eigenvalue weighted by molar-refractivity contribution is -0.123. The summed E-state index contributed by atoms with van der Waals surface area (Å²) in [5, 5.41) is 0. The molecule has 2 aliphatic rings. The smallest absolute Gasteiger partial charge is 0.261 e. The molecule has 2 aliphatic heterocycles. The highest BCUT2D eigenvalue weighted by Crippen LogP contribution is 2.47. The highest BCUT2D eigenvalue weighted by Gasteiger charge is 2.49. The number of rotatable bonds is 6. The van der Waals surface area contributed by atoms with Gasteiger partial charge in [0.2, 0.25) is 0 Å². The van der Waals surface area contributed by atoms with Crippen LogP contribution in [0.2, 0.25) is 0 Å². The molecule has 4 rings (SSSR count). The van der Waals surface area contributed by atoms with Gasteiger partial charge < -0.3 is 18.6 Å². The molecule has 0 bridgehead atoms. The van der Waals surface area contributed by atoms with Gasteiger partial charge in [-0.05, 0) is 56.1 Å². The number of carbonyl (C=O) groups excluding carboxylic acids is 2. The topological polar surface area (TPSA) is 66.9 Å². The Morgan fingerprint density at radius 1 is 0.786 bits per heavy atom. The van der Waals surface area contributed by atoms with Gasteiger partial charge in [-0.2, -0.15) is 0 Å². The fourth-order valence-corrected chi connectivity index (χ4v) is 4.01. The van der Waals surface area contributed by atoms with Crippen molar-refractivity contribution in [3.8, 4) is 0 Å². The summed E-state index contributed by atoms with van der Waals surface area (Å²) < 4.78 is 12.4. The van der Waals surface area contributed by atoms with Crippen LogP contribution < -0.4 is 0 Å². The number of furan rings is 2. The highest BCUT2D eigenvalue weighted by atomic mass is 79.9. The van der Waals surface area contributed by atoms with Crippen LogP contribution in [0.1, 0.15) is 11.5 Å². The molecule has 0 atom stereocenters. The summed E-state index contributed by atoms with van der Waals surface area (Å²) in [7, 11) is 0. The van der Waals surface area contributed by atoms with E-state index in [1.165, 1.54) is 9.80 Å². The lowest BCUT2D eigenvalue weighted by atomic mass is 10.1. The molecule has 2 amide bonds. The van der Waals surface area contributed by atoms with E-state index in [1.807, 2.05) is 0 Å². The maximum absolute atomic E-state index is 13.3. The normalized spacial score (nSPS) is 16.5. The van der Waals surface area contributed by atoms with Gasteiger partial charge in [-0.1, -0.05) is 12.2 Å². The fraction of sp³-hybridized carbons (Fsp3) is 0.100. The van der Waals surface area contributed by atoms with Crippen molar-refractivity contribution in [2.45, 2.75) is 0 Å². The van der Waals surface area contributed by atoms with Crippen LogP contribution in [-0.2, 0) is 9.59 Å². The van der Waals surface area contributed by atoms with Gasteiger partial charge in [0, 0.05) is 13.1 Å². The lowest BCUT2D eigenvalue weighted by Gasteiger charge is -2.21. The van der Waals surface area contributed by atoms with Gasteiger partial charge in [0.25, 0.3) is 11.8 Å². The van der Waals surface area contributed by atoms with Crippen LogP contribution in [0.3, 0.4) is 0 Å². The van der Waals surface area contributed by atoms with E-state index in [0.29, 0.717) is 32.3 Å². The first kappa shape index (κ1) is 18.8. The third-order valence-corrected chi connectivity index (χ3v) is 5.27. The molecule has 0 aromatic carbocycles. The molecule has 0 spiro atoms. The first-order valence-electron chi connectivity index (χ1n) is 8.33. The van der Waals surface area contributed by atoms with E-state index < -0.39 is 0 Å². The van der Waals surface area contributed by atoms with E-state index in [1.54, 1.807) is 36.4 Å². The zero-order valence-electron chi connectivity index (χ0n) is 14.6. The molecule has 0 aliphatic carbocycles. The largest absolute Gasteiger partial charge is 0.448 e. The molecule has 0 radical (unpaired) electrons. The Balaban J connectivity index is 2.01. The summed E-state index contributed by atoms with van der Waals surface area (Å²) in [6, 6.07) is 6.86. The van der Waals surface area contributed by atoms with Crippen molar-refractivity contribution in [2.75, 3.05) is 13.1 Å². The summed E-state index contributed by atoms with van der Waals surface area (Å²) in [4.78, 5) is 29.6. The average molecular weight is 506 g/mol. The SMILES string of the molecule is C=CCN1C(=O)C2=C(c3ccc(Br)o3)N(CC=C)C(=O)C2=C1c1ccc(Br)o1. The summed E-state index contributed by atoms with van der Waals surface area (Å²) in [6.45, 7) is 7.93. The molecule has 2 aromatic heterocycles. The van der Waals surface area contributed by atoms with E-state index in [4.69, 9.17) is 8.83 Å². The lowest BCUT2D eigenvalue weighted by Crippen LogP contribution is -2.29. The number of nitrogens with zero attached hydrogens (tertiary/aromatic N) is 2. The minimum Gasteiger partial charge on any atom is -0.448 e. The number of carbonyl (C=O) groups is 2. The quantitative estimate of drug-likeness (QED) is 0.539. The Kier molecular flexibility index (Phi) is 4.76. The highest BCUT2D eigenvalue weighted by molar-refractivity contribution is 9.10. The first-order chi connectivity index (χ1) is 13.5. The van der Waals surface area contributed by atoms with E-state index >= 15 is 0 Å². The molecular weight excluding hydrogens is 492 g/mol. The number of hydrogen-bond donors (Lipinski definition) is 0. The van der Waals surface area contributed by atoms with Crippen molar-refractivity contribution in [3.63, 3.8) is 0 Å². The van der Waals surface area contributed by atoms with E-state index in [9.17, 15) is 9.59 Å². The number of fused-ring (bicyclic) bond motifs is 1. The van der Waals surface area contributed by atoms with Crippen LogP contribution in [0.15, 0.2) is 78.9 Å². The van der Waals surface area contributed by atoms with Crippen molar-refractivity contribution >= 4 is 55.1 Å². The second kappa shape index (κ2) is 7.10. The predicted molar refractivity (Wildman–Crippen MR) is 110 cm³/mol. The fourth-order valence-electron chi connectivity index (χ4n) is 3.40. The molecule has 8 heteroatoms. The molecule has 6 nitrogen and oxygen atoms in total. The number of halogens is 2. The zero-order valence-corrected chi connectivity index (χ0v) is 17.7.